The fourth-order valence-corrected chi connectivity index (χ4v) is 3.83. The zero-order valence-corrected chi connectivity index (χ0v) is 16.1. The molecule has 136 valence electrons. The van der Waals surface area contributed by atoms with Crippen molar-refractivity contribution in [2.24, 2.45) is 0 Å². The van der Waals surface area contributed by atoms with Crippen LogP contribution in [0.25, 0.3) is 5.82 Å². The number of halogens is 1. The molecule has 27 heavy (non-hydrogen) atoms. The summed E-state index contributed by atoms with van der Waals surface area (Å²) in [6, 6.07) is 11.8. The standard InChI is InChI=1S/C21H20ClN5/c1-13-11-14(2)27(26-13)21-18-6-4-3-5-17(18)19(12-23)20(25-21)24-16-9-7-15(22)8-10-16/h7-11H,3-6H2,1-2H3,(H,24,25). The van der Waals surface area contributed by atoms with E-state index in [1.54, 1.807) is 0 Å². The number of hydrogen-bond donors (Lipinski definition) is 1. The van der Waals surface area contributed by atoms with Crippen LogP contribution in [0.5, 0.6) is 0 Å². The molecule has 6 heteroatoms. The number of anilines is 2. The topological polar surface area (TPSA) is 66.5 Å². The van der Waals surface area contributed by atoms with Crippen LogP contribution >= 0.6 is 11.6 Å². The third-order valence-electron chi connectivity index (χ3n) is 4.92. The number of benzene rings is 1. The van der Waals surface area contributed by atoms with E-state index in [9.17, 15) is 5.26 Å². The van der Waals surface area contributed by atoms with Gasteiger partial charge in [-0.05, 0) is 75.4 Å². The number of fused-ring (bicyclic) bond motifs is 1. The lowest BCUT2D eigenvalue weighted by Crippen LogP contribution is -2.16. The summed E-state index contributed by atoms with van der Waals surface area (Å²) in [6.07, 6.45) is 4.01. The molecule has 0 atom stereocenters. The van der Waals surface area contributed by atoms with Gasteiger partial charge >= 0.3 is 0 Å². The van der Waals surface area contributed by atoms with E-state index in [0.29, 0.717) is 16.4 Å². The third kappa shape index (κ3) is 3.29. The van der Waals surface area contributed by atoms with Gasteiger partial charge in [0.1, 0.15) is 6.07 Å². The molecule has 0 amide bonds. The van der Waals surface area contributed by atoms with E-state index in [0.717, 1.165) is 59.7 Å². The van der Waals surface area contributed by atoms with E-state index in [4.69, 9.17) is 16.6 Å². The number of rotatable bonds is 3. The van der Waals surface area contributed by atoms with Gasteiger partial charge in [0, 0.05) is 22.0 Å². The van der Waals surface area contributed by atoms with Crippen LogP contribution in [0.1, 0.15) is 40.9 Å². The molecule has 0 unspecified atom stereocenters. The smallest absolute Gasteiger partial charge is 0.159 e. The van der Waals surface area contributed by atoms with Crippen LogP contribution in [-0.2, 0) is 12.8 Å². The Morgan fingerprint density at radius 2 is 1.81 bits per heavy atom. The van der Waals surface area contributed by atoms with Gasteiger partial charge in [0.15, 0.2) is 11.6 Å². The summed E-state index contributed by atoms with van der Waals surface area (Å²) in [6.45, 7) is 4.01. The lowest BCUT2D eigenvalue weighted by atomic mass is 9.89. The summed E-state index contributed by atoms with van der Waals surface area (Å²) in [5.74, 6) is 1.40. The summed E-state index contributed by atoms with van der Waals surface area (Å²) >= 11 is 5.99. The molecule has 4 rings (SSSR count). The minimum absolute atomic E-state index is 0.572. The van der Waals surface area contributed by atoms with Gasteiger partial charge < -0.3 is 5.32 Å². The van der Waals surface area contributed by atoms with E-state index in [1.165, 1.54) is 0 Å². The Morgan fingerprint density at radius 3 is 2.44 bits per heavy atom. The first-order chi connectivity index (χ1) is 13.1. The molecule has 1 aliphatic rings. The van der Waals surface area contributed by atoms with Crippen molar-refractivity contribution in [2.45, 2.75) is 39.5 Å². The highest BCUT2D eigenvalue weighted by Crippen LogP contribution is 2.33. The SMILES string of the molecule is Cc1cc(C)n(-c2nc(Nc3ccc(Cl)cc3)c(C#N)c3c2CCCC3)n1. The summed E-state index contributed by atoms with van der Waals surface area (Å²) in [5.41, 5.74) is 5.71. The lowest BCUT2D eigenvalue weighted by Gasteiger charge is -2.23. The van der Waals surface area contributed by atoms with E-state index in [2.05, 4.69) is 16.5 Å². The molecule has 2 aromatic heterocycles. The quantitative estimate of drug-likeness (QED) is 0.695. The minimum Gasteiger partial charge on any atom is -0.339 e. The molecule has 1 N–H and O–H groups in total. The van der Waals surface area contributed by atoms with Crippen LogP contribution in [0.3, 0.4) is 0 Å². The molecule has 0 saturated heterocycles. The molecular weight excluding hydrogens is 358 g/mol. The molecule has 0 saturated carbocycles. The zero-order valence-electron chi connectivity index (χ0n) is 15.4. The summed E-state index contributed by atoms with van der Waals surface area (Å²) < 4.78 is 1.90. The largest absolute Gasteiger partial charge is 0.339 e. The summed E-state index contributed by atoms with van der Waals surface area (Å²) in [4.78, 5) is 4.85. The Labute approximate surface area is 163 Å². The second kappa shape index (κ2) is 7.05. The maximum atomic E-state index is 9.84. The molecule has 0 radical (unpaired) electrons. The molecule has 0 aliphatic heterocycles. The number of aromatic nitrogens is 3. The molecule has 3 aromatic rings. The van der Waals surface area contributed by atoms with Crippen LogP contribution in [0.4, 0.5) is 11.5 Å². The van der Waals surface area contributed by atoms with Crippen LogP contribution in [0.15, 0.2) is 30.3 Å². The van der Waals surface area contributed by atoms with Gasteiger partial charge in [-0.2, -0.15) is 10.4 Å². The van der Waals surface area contributed by atoms with Crippen LogP contribution in [0, 0.1) is 25.2 Å². The normalized spacial score (nSPS) is 13.1. The third-order valence-corrected chi connectivity index (χ3v) is 5.17. The highest BCUT2D eigenvalue weighted by Gasteiger charge is 2.24. The number of nitrogens with one attached hydrogen (secondary N) is 1. The summed E-state index contributed by atoms with van der Waals surface area (Å²) in [7, 11) is 0. The molecular formula is C21H20ClN5. The van der Waals surface area contributed by atoms with Gasteiger partial charge in [0.25, 0.3) is 0 Å². The number of aryl methyl sites for hydroxylation is 2. The number of nitriles is 1. The average molecular weight is 378 g/mol. The van der Waals surface area contributed by atoms with Crippen molar-refractivity contribution in [3.63, 3.8) is 0 Å². The van der Waals surface area contributed by atoms with Crippen molar-refractivity contribution < 1.29 is 0 Å². The Balaban J connectivity index is 1.90. The first-order valence-corrected chi connectivity index (χ1v) is 9.46. The Morgan fingerprint density at radius 1 is 1.11 bits per heavy atom. The van der Waals surface area contributed by atoms with Gasteiger partial charge in [-0.25, -0.2) is 9.67 Å². The van der Waals surface area contributed by atoms with E-state index >= 15 is 0 Å². The van der Waals surface area contributed by atoms with E-state index < -0.39 is 0 Å². The minimum atomic E-state index is 0.572. The van der Waals surface area contributed by atoms with Crippen molar-refractivity contribution in [3.05, 3.63) is 63.4 Å². The molecule has 2 heterocycles. The molecule has 0 fully saturated rings. The molecule has 1 aromatic carbocycles. The molecule has 1 aliphatic carbocycles. The van der Waals surface area contributed by atoms with Crippen molar-refractivity contribution >= 4 is 23.1 Å². The molecule has 5 nitrogen and oxygen atoms in total. The summed E-state index contributed by atoms with van der Waals surface area (Å²) in [5, 5.41) is 18.4. The first kappa shape index (κ1) is 17.6. The number of nitrogens with zero attached hydrogens (tertiary/aromatic N) is 4. The van der Waals surface area contributed by atoms with Gasteiger partial charge in [0.2, 0.25) is 0 Å². The zero-order chi connectivity index (χ0) is 19.0. The highest BCUT2D eigenvalue weighted by atomic mass is 35.5. The average Bonchev–Trinajstić information content (AvgIpc) is 3.01. The predicted octanol–water partition coefficient (Wildman–Crippen LogP) is 5.03. The monoisotopic (exact) mass is 377 g/mol. The van der Waals surface area contributed by atoms with Gasteiger partial charge in [-0.15, -0.1) is 0 Å². The van der Waals surface area contributed by atoms with Gasteiger partial charge in [-0.1, -0.05) is 11.6 Å². The van der Waals surface area contributed by atoms with Crippen molar-refractivity contribution in [3.8, 4) is 11.9 Å². The Kier molecular flexibility index (Phi) is 4.59. The lowest BCUT2D eigenvalue weighted by molar-refractivity contribution is 0.666. The molecule has 0 spiro atoms. The highest BCUT2D eigenvalue weighted by molar-refractivity contribution is 6.30. The first-order valence-electron chi connectivity index (χ1n) is 9.09. The Bertz CT molecular complexity index is 1040. The van der Waals surface area contributed by atoms with Crippen LogP contribution < -0.4 is 5.32 Å². The predicted molar refractivity (Wildman–Crippen MR) is 107 cm³/mol. The van der Waals surface area contributed by atoms with E-state index in [1.807, 2.05) is 48.9 Å². The van der Waals surface area contributed by atoms with Crippen molar-refractivity contribution in [2.75, 3.05) is 5.32 Å². The maximum Gasteiger partial charge on any atom is 0.159 e. The van der Waals surface area contributed by atoms with Crippen molar-refractivity contribution in [1.29, 1.82) is 5.26 Å². The van der Waals surface area contributed by atoms with Crippen LogP contribution in [0.2, 0.25) is 5.02 Å². The van der Waals surface area contributed by atoms with E-state index in [-0.39, 0.29) is 0 Å². The fourth-order valence-electron chi connectivity index (χ4n) is 3.70. The molecule has 0 bridgehead atoms. The maximum absolute atomic E-state index is 9.84. The second-order valence-electron chi connectivity index (χ2n) is 6.91. The van der Waals surface area contributed by atoms with Gasteiger partial charge in [-0.3, -0.25) is 0 Å². The fraction of sp³-hybridized carbons (Fsp3) is 0.286. The van der Waals surface area contributed by atoms with Crippen LogP contribution in [-0.4, -0.2) is 14.8 Å². The Hall–Kier alpha value is -2.84. The van der Waals surface area contributed by atoms with Crippen molar-refractivity contribution in [1.82, 2.24) is 14.8 Å². The van der Waals surface area contributed by atoms with Gasteiger partial charge in [0.05, 0.1) is 11.3 Å². The number of pyridine rings is 1. The second-order valence-corrected chi connectivity index (χ2v) is 7.34. The number of hydrogen-bond acceptors (Lipinski definition) is 4.